The Morgan fingerprint density at radius 1 is 1.35 bits per heavy atom. The molecule has 1 saturated heterocycles. The molecule has 1 heterocycles. The van der Waals surface area contributed by atoms with E-state index in [9.17, 15) is 8.42 Å². The third kappa shape index (κ3) is 4.91. The fourth-order valence-corrected chi connectivity index (χ4v) is 3.31. The first-order valence-corrected chi connectivity index (χ1v) is 7.87. The second kappa shape index (κ2) is 6.68. The Labute approximate surface area is 105 Å². The van der Waals surface area contributed by atoms with Crippen LogP contribution in [0.5, 0.6) is 0 Å². The predicted molar refractivity (Wildman–Crippen MR) is 70.6 cm³/mol. The molecule has 0 amide bonds. The molecule has 0 aromatic carbocycles. The third-order valence-electron chi connectivity index (χ3n) is 3.37. The first-order valence-electron chi connectivity index (χ1n) is 6.33. The zero-order chi connectivity index (χ0) is 12.9. The summed E-state index contributed by atoms with van der Waals surface area (Å²) in [5.74, 6) is 0. The van der Waals surface area contributed by atoms with Gasteiger partial charge in [-0.05, 0) is 46.8 Å². The Hall–Kier alpha value is -0.170. The molecule has 0 aromatic rings. The van der Waals surface area contributed by atoms with E-state index in [1.165, 1.54) is 0 Å². The second-order valence-electron chi connectivity index (χ2n) is 4.96. The lowest BCUT2D eigenvalue weighted by Gasteiger charge is -2.24. The highest BCUT2D eigenvalue weighted by molar-refractivity contribution is 7.90. The lowest BCUT2D eigenvalue weighted by molar-refractivity contribution is 0.278. The van der Waals surface area contributed by atoms with Crippen molar-refractivity contribution in [1.82, 2.24) is 14.9 Å². The number of piperidine rings is 1. The van der Waals surface area contributed by atoms with Gasteiger partial charge in [-0.15, -0.1) is 0 Å². The highest BCUT2D eigenvalue weighted by Gasteiger charge is 2.26. The van der Waals surface area contributed by atoms with Crippen LogP contribution >= 0.6 is 0 Å². The topological polar surface area (TPSA) is 61.4 Å². The maximum Gasteiger partial charge on any atom is 0.214 e. The van der Waals surface area contributed by atoms with E-state index in [0.29, 0.717) is 12.6 Å². The first kappa shape index (κ1) is 14.9. The summed E-state index contributed by atoms with van der Waals surface area (Å²) in [6, 6.07) is 0.443. The minimum atomic E-state index is -3.12. The monoisotopic (exact) mass is 263 g/mol. The molecular weight excluding hydrogens is 238 g/mol. The van der Waals surface area contributed by atoms with Crippen molar-refractivity contribution in [1.29, 1.82) is 0 Å². The van der Waals surface area contributed by atoms with Crippen molar-refractivity contribution < 1.29 is 8.42 Å². The fraction of sp³-hybridized carbons (Fsp3) is 1.00. The highest BCUT2D eigenvalue weighted by atomic mass is 32.2. The third-order valence-corrected chi connectivity index (χ3v) is 5.33. The molecule has 5 nitrogen and oxygen atoms in total. The standard InChI is InChI=1S/C11H25N3O2S/c1-10(2)14(3)9-8-13-17(15,16)11-4-6-12-7-5-11/h10-13H,4-9H2,1-3H3. The Bertz CT molecular complexity index is 311. The maximum absolute atomic E-state index is 12.0. The molecule has 0 aliphatic carbocycles. The molecule has 1 aliphatic rings. The average Bonchev–Trinajstić information content (AvgIpc) is 2.29. The summed E-state index contributed by atoms with van der Waals surface area (Å²) in [6.07, 6.45) is 1.44. The van der Waals surface area contributed by atoms with Crippen LogP contribution in [0, 0.1) is 0 Å². The normalized spacial score (nSPS) is 19.1. The molecule has 0 unspecified atom stereocenters. The summed E-state index contributed by atoms with van der Waals surface area (Å²) < 4.78 is 26.7. The lowest BCUT2D eigenvalue weighted by Crippen LogP contribution is -2.44. The van der Waals surface area contributed by atoms with Crippen molar-refractivity contribution in [2.45, 2.75) is 38.0 Å². The van der Waals surface area contributed by atoms with Gasteiger partial charge in [0.15, 0.2) is 0 Å². The number of likely N-dealkylation sites (N-methyl/N-ethyl adjacent to an activating group) is 1. The van der Waals surface area contributed by atoms with Gasteiger partial charge in [0.05, 0.1) is 5.25 Å². The summed E-state index contributed by atoms with van der Waals surface area (Å²) in [5.41, 5.74) is 0. The number of rotatable bonds is 6. The molecule has 17 heavy (non-hydrogen) atoms. The van der Waals surface area contributed by atoms with Gasteiger partial charge < -0.3 is 10.2 Å². The van der Waals surface area contributed by atoms with E-state index in [0.717, 1.165) is 32.5 Å². The molecular formula is C11H25N3O2S. The Balaban J connectivity index is 2.34. The zero-order valence-electron chi connectivity index (χ0n) is 11.1. The largest absolute Gasteiger partial charge is 0.317 e. The molecule has 2 N–H and O–H groups in total. The van der Waals surface area contributed by atoms with E-state index >= 15 is 0 Å². The molecule has 1 rings (SSSR count). The van der Waals surface area contributed by atoms with Crippen LogP contribution in [0.4, 0.5) is 0 Å². The van der Waals surface area contributed by atoms with Gasteiger partial charge in [-0.2, -0.15) is 0 Å². The zero-order valence-corrected chi connectivity index (χ0v) is 11.9. The van der Waals surface area contributed by atoms with Crippen LogP contribution in [-0.2, 0) is 10.0 Å². The van der Waals surface area contributed by atoms with Gasteiger partial charge in [-0.3, -0.25) is 0 Å². The van der Waals surface area contributed by atoms with Crippen LogP contribution < -0.4 is 10.0 Å². The van der Waals surface area contributed by atoms with Crippen LogP contribution in [-0.4, -0.2) is 57.8 Å². The molecule has 0 aromatic heterocycles. The molecule has 1 fully saturated rings. The molecule has 102 valence electrons. The van der Waals surface area contributed by atoms with Crippen molar-refractivity contribution in [2.24, 2.45) is 0 Å². The van der Waals surface area contributed by atoms with Crippen molar-refractivity contribution >= 4 is 10.0 Å². The van der Waals surface area contributed by atoms with Gasteiger partial charge in [0.2, 0.25) is 10.0 Å². The van der Waals surface area contributed by atoms with Crippen molar-refractivity contribution in [3.05, 3.63) is 0 Å². The lowest BCUT2D eigenvalue weighted by atomic mass is 10.2. The minimum absolute atomic E-state index is 0.215. The minimum Gasteiger partial charge on any atom is -0.317 e. The van der Waals surface area contributed by atoms with E-state index in [1.807, 2.05) is 7.05 Å². The SMILES string of the molecule is CC(C)N(C)CCNS(=O)(=O)C1CCNCC1. The maximum atomic E-state index is 12.0. The Morgan fingerprint density at radius 3 is 2.47 bits per heavy atom. The van der Waals surface area contributed by atoms with Gasteiger partial charge in [0.1, 0.15) is 0 Å². The van der Waals surface area contributed by atoms with E-state index in [2.05, 4.69) is 28.8 Å². The fourth-order valence-electron chi connectivity index (χ4n) is 1.85. The van der Waals surface area contributed by atoms with E-state index in [4.69, 9.17) is 0 Å². The van der Waals surface area contributed by atoms with Crippen molar-refractivity contribution in [2.75, 3.05) is 33.2 Å². The number of nitrogens with one attached hydrogen (secondary N) is 2. The van der Waals surface area contributed by atoms with Crippen LogP contribution in [0.15, 0.2) is 0 Å². The molecule has 0 bridgehead atoms. The Morgan fingerprint density at radius 2 is 1.94 bits per heavy atom. The van der Waals surface area contributed by atoms with Crippen molar-refractivity contribution in [3.8, 4) is 0 Å². The van der Waals surface area contributed by atoms with Gasteiger partial charge >= 0.3 is 0 Å². The molecule has 0 radical (unpaired) electrons. The smallest absolute Gasteiger partial charge is 0.214 e. The van der Waals surface area contributed by atoms with Crippen LogP contribution in [0.3, 0.4) is 0 Å². The van der Waals surface area contributed by atoms with Gasteiger partial charge in [-0.1, -0.05) is 0 Å². The first-order chi connectivity index (χ1) is 7.93. The summed E-state index contributed by atoms with van der Waals surface area (Å²) in [5, 5.41) is 2.96. The molecule has 0 spiro atoms. The van der Waals surface area contributed by atoms with E-state index in [1.54, 1.807) is 0 Å². The van der Waals surface area contributed by atoms with E-state index in [-0.39, 0.29) is 5.25 Å². The average molecular weight is 263 g/mol. The number of sulfonamides is 1. The molecule has 6 heteroatoms. The summed E-state index contributed by atoms with van der Waals surface area (Å²) in [7, 11) is -1.12. The number of hydrogen-bond acceptors (Lipinski definition) is 4. The van der Waals surface area contributed by atoms with Crippen LogP contribution in [0.2, 0.25) is 0 Å². The molecule has 0 saturated carbocycles. The Kier molecular flexibility index (Phi) is 5.85. The summed E-state index contributed by atoms with van der Waals surface area (Å²) >= 11 is 0. The molecule has 1 aliphatic heterocycles. The molecule has 0 atom stereocenters. The highest BCUT2D eigenvalue weighted by Crippen LogP contribution is 2.11. The quantitative estimate of drug-likeness (QED) is 0.708. The number of nitrogens with zero attached hydrogens (tertiary/aromatic N) is 1. The van der Waals surface area contributed by atoms with Gasteiger partial charge in [0.25, 0.3) is 0 Å². The van der Waals surface area contributed by atoms with Crippen LogP contribution in [0.25, 0.3) is 0 Å². The summed E-state index contributed by atoms with van der Waals surface area (Å²) in [4.78, 5) is 2.13. The summed E-state index contributed by atoms with van der Waals surface area (Å²) in [6.45, 7) is 7.06. The van der Waals surface area contributed by atoms with E-state index < -0.39 is 10.0 Å². The number of hydrogen-bond donors (Lipinski definition) is 2. The predicted octanol–water partition coefficient (Wildman–Crippen LogP) is -0.00200. The van der Waals surface area contributed by atoms with Crippen LogP contribution in [0.1, 0.15) is 26.7 Å². The van der Waals surface area contributed by atoms with Gasteiger partial charge in [0, 0.05) is 19.1 Å². The van der Waals surface area contributed by atoms with Crippen molar-refractivity contribution in [3.63, 3.8) is 0 Å². The second-order valence-corrected chi connectivity index (χ2v) is 7.01. The van der Waals surface area contributed by atoms with Gasteiger partial charge in [-0.25, -0.2) is 13.1 Å².